The molecule has 0 saturated heterocycles. The first-order valence-corrected chi connectivity index (χ1v) is 15.3. The van der Waals surface area contributed by atoms with Gasteiger partial charge in [-0.3, -0.25) is 15.2 Å². The van der Waals surface area contributed by atoms with E-state index in [4.69, 9.17) is 19.9 Å². The average molecular weight is 683 g/mol. The fourth-order valence-corrected chi connectivity index (χ4v) is 5.12. The largest absolute Gasteiger partial charge is 0.491 e. The normalized spacial score (nSPS) is 21.1. The molecule has 0 aromatic heterocycles. The number of carbonyl (C=O) groups excluding carboxylic acids is 2. The molecule has 6 N–H and O–H groups in total. The van der Waals surface area contributed by atoms with E-state index >= 15 is 0 Å². The smallest absolute Gasteiger partial charge is 0.416 e. The van der Waals surface area contributed by atoms with Gasteiger partial charge >= 0.3 is 12.1 Å². The van der Waals surface area contributed by atoms with Crippen molar-refractivity contribution in [2.75, 3.05) is 6.61 Å². The molecule has 48 heavy (non-hydrogen) atoms. The third kappa shape index (κ3) is 13.0. The first-order valence-electron chi connectivity index (χ1n) is 15.3. The molecular weight excluding hydrogens is 641 g/mol. The van der Waals surface area contributed by atoms with Gasteiger partial charge in [0, 0.05) is 18.8 Å². The number of allylic oxidation sites excluding steroid dienone is 2. The number of nitrogens with zero attached hydrogens (tertiary/aromatic N) is 1. The Kier molecular flexibility index (Phi) is 15.0. The molecule has 1 fully saturated rings. The van der Waals surface area contributed by atoms with Crippen LogP contribution in [0.15, 0.2) is 72.8 Å². The lowest BCUT2D eigenvalue weighted by atomic mass is 9.89. The Bertz CT molecular complexity index is 1390. The molecule has 6 atom stereocenters. The zero-order chi connectivity index (χ0) is 35.3. The molecular formula is C33H41F3N2O10. The highest BCUT2D eigenvalue weighted by atomic mass is 19.4. The molecule has 1 aliphatic rings. The maximum absolute atomic E-state index is 12.9. The Hall–Kier alpha value is -3.83. The third-order valence-electron chi connectivity index (χ3n) is 7.60. The van der Waals surface area contributed by atoms with Gasteiger partial charge in [0.1, 0.15) is 30.3 Å². The SMILES string of the molecule is CC(NC(=O)CCC/C=C\C[C@@H]1[C@@H](/C=C/[C@@H](O)COc2cccc(C(F)(F)F)c2)[C@H](O)C[C@@H]1O)C(=O)Oc1cccc(CON(O)O)c1. The molecule has 2 aromatic carbocycles. The van der Waals surface area contributed by atoms with Gasteiger partial charge in [-0.05, 0) is 68.0 Å². The van der Waals surface area contributed by atoms with Crippen molar-refractivity contribution in [2.45, 2.75) is 76.2 Å². The van der Waals surface area contributed by atoms with E-state index in [2.05, 4.69) is 10.2 Å². The van der Waals surface area contributed by atoms with E-state index in [1.807, 2.05) is 12.2 Å². The average Bonchev–Trinajstić information content (AvgIpc) is 3.30. The number of hydrogen-bond acceptors (Lipinski definition) is 11. The van der Waals surface area contributed by atoms with E-state index in [0.717, 1.165) is 12.1 Å². The maximum Gasteiger partial charge on any atom is 0.416 e. The number of esters is 1. The third-order valence-corrected chi connectivity index (χ3v) is 7.60. The highest BCUT2D eigenvalue weighted by Gasteiger charge is 2.39. The van der Waals surface area contributed by atoms with Crippen LogP contribution < -0.4 is 14.8 Å². The number of unbranched alkanes of at least 4 members (excludes halogenated alkanes) is 1. The minimum absolute atomic E-state index is 0.0441. The Balaban J connectivity index is 1.38. The predicted octanol–water partition coefficient (Wildman–Crippen LogP) is 4.10. The van der Waals surface area contributed by atoms with Crippen LogP contribution >= 0.6 is 0 Å². The minimum atomic E-state index is -4.52. The molecule has 0 radical (unpaired) electrons. The highest BCUT2D eigenvalue weighted by molar-refractivity contribution is 5.85. The van der Waals surface area contributed by atoms with Crippen LogP contribution in [-0.2, 0) is 27.2 Å². The van der Waals surface area contributed by atoms with E-state index in [1.54, 1.807) is 18.2 Å². The van der Waals surface area contributed by atoms with Crippen molar-refractivity contribution in [3.05, 3.63) is 84.0 Å². The van der Waals surface area contributed by atoms with Gasteiger partial charge in [-0.2, -0.15) is 13.2 Å². The monoisotopic (exact) mass is 682 g/mol. The number of alkyl halides is 3. The molecule has 1 saturated carbocycles. The van der Waals surface area contributed by atoms with Crippen molar-refractivity contribution < 1.29 is 62.8 Å². The van der Waals surface area contributed by atoms with Gasteiger partial charge in [0.25, 0.3) is 0 Å². The standard InChI is InChI=1S/C33H41F3N2O10/c1-21(32(43)48-26-11-6-8-22(16-26)19-47-38(44)45)37-31(42)13-5-3-2-4-12-27-28(30(41)18-29(27)40)15-14-24(39)20-46-25-10-7-9-23(17-25)33(34,35)36/h2,4,6-11,14-17,21,24,27-30,39-41,44-45H,3,5,12-13,18-20H2,1H3,(H,37,42)/b4-2-,15-14+/t21?,24-,27-,28-,29+,30-/m1/s1. The van der Waals surface area contributed by atoms with Gasteiger partial charge in [-0.15, -0.1) is 0 Å². The van der Waals surface area contributed by atoms with Crippen LogP contribution in [0.3, 0.4) is 0 Å². The van der Waals surface area contributed by atoms with Crippen molar-refractivity contribution in [1.82, 2.24) is 10.7 Å². The van der Waals surface area contributed by atoms with E-state index in [0.29, 0.717) is 24.8 Å². The lowest BCUT2D eigenvalue weighted by Crippen LogP contribution is -2.40. The molecule has 0 heterocycles. The van der Waals surface area contributed by atoms with Crippen LogP contribution in [0.5, 0.6) is 11.5 Å². The van der Waals surface area contributed by atoms with Gasteiger partial charge in [0.05, 0.1) is 29.8 Å². The molecule has 12 nitrogen and oxygen atoms in total. The number of rotatable bonds is 17. The van der Waals surface area contributed by atoms with Crippen LogP contribution in [0.25, 0.3) is 0 Å². The van der Waals surface area contributed by atoms with Gasteiger partial charge < -0.3 is 30.1 Å². The Morgan fingerprint density at radius 2 is 1.79 bits per heavy atom. The summed E-state index contributed by atoms with van der Waals surface area (Å²) in [6.45, 7) is 0.997. The lowest BCUT2D eigenvalue weighted by molar-refractivity contribution is -0.497. The predicted molar refractivity (Wildman–Crippen MR) is 163 cm³/mol. The molecule has 1 aliphatic carbocycles. The van der Waals surface area contributed by atoms with Crippen LogP contribution in [0.1, 0.15) is 50.2 Å². The molecule has 0 spiro atoms. The summed E-state index contributed by atoms with van der Waals surface area (Å²) in [4.78, 5) is 29.2. The number of halogens is 3. The number of aliphatic hydroxyl groups excluding tert-OH is 3. The summed E-state index contributed by atoms with van der Waals surface area (Å²) in [5.74, 6) is -1.71. The summed E-state index contributed by atoms with van der Waals surface area (Å²) in [7, 11) is 0. The number of benzene rings is 2. The number of amides is 1. The Morgan fingerprint density at radius 3 is 2.52 bits per heavy atom. The summed E-state index contributed by atoms with van der Waals surface area (Å²) in [6, 6.07) is 9.59. The zero-order valence-corrected chi connectivity index (χ0v) is 26.2. The van der Waals surface area contributed by atoms with Crippen molar-refractivity contribution in [3.8, 4) is 11.5 Å². The summed E-state index contributed by atoms with van der Waals surface area (Å²) >= 11 is 0. The van der Waals surface area contributed by atoms with E-state index in [9.17, 15) is 38.1 Å². The topological polar surface area (TPSA) is 178 Å². The fraction of sp³-hybridized carbons (Fsp3) is 0.455. The number of nitrogens with one attached hydrogen (secondary N) is 1. The summed E-state index contributed by atoms with van der Waals surface area (Å²) < 4.78 is 49.3. The molecule has 3 rings (SSSR count). The highest BCUT2D eigenvalue weighted by Crippen LogP contribution is 2.36. The number of hydrogen-bond donors (Lipinski definition) is 6. The van der Waals surface area contributed by atoms with Crippen LogP contribution in [-0.4, -0.2) is 74.0 Å². The van der Waals surface area contributed by atoms with E-state index < -0.39 is 53.4 Å². The molecule has 264 valence electrons. The second-order valence-corrected chi connectivity index (χ2v) is 11.4. The summed E-state index contributed by atoms with van der Waals surface area (Å²) in [6.07, 6.45) is 1.10. The number of carbonyl (C=O) groups is 2. The van der Waals surface area contributed by atoms with Crippen LogP contribution in [0.2, 0.25) is 0 Å². The summed E-state index contributed by atoms with van der Waals surface area (Å²) in [5, 5.41) is 50.6. The van der Waals surface area contributed by atoms with Gasteiger partial charge in [-0.25, -0.2) is 9.63 Å². The maximum atomic E-state index is 12.9. The Labute approximate surface area is 275 Å². The van der Waals surface area contributed by atoms with Crippen molar-refractivity contribution in [2.24, 2.45) is 11.8 Å². The van der Waals surface area contributed by atoms with Gasteiger partial charge in [0.15, 0.2) is 0 Å². The molecule has 1 unspecified atom stereocenters. The number of aliphatic hydroxyl groups is 3. The minimum Gasteiger partial charge on any atom is -0.491 e. The first kappa shape index (κ1) is 38.6. The van der Waals surface area contributed by atoms with Crippen molar-refractivity contribution in [3.63, 3.8) is 0 Å². The number of ether oxygens (including phenoxy) is 2. The van der Waals surface area contributed by atoms with Crippen molar-refractivity contribution in [1.29, 1.82) is 0 Å². The van der Waals surface area contributed by atoms with Gasteiger partial charge in [0.2, 0.25) is 5.91 Å². The fourth-order valence-electron chi connectivity index (χ4n) is 5.12. The van der Waals surface area contributed by atoms with Crippen molar-refractivity contribution >= 4 is 11.9 Å². The lowest BCUT2D eigenvalue weighted by Gasteiger charge is -2.19. The second-order valence-electron chi connectivity index (χ2n) is 11.4. The van der Waals surface area contributed by atoms with Crippen LogP contribution in [0, 0.1) is 11.8 Å². The van der Waals surface area contributed by atoms with Crippen LogP contribution in [0.4, 0.5) is 13.2 Å². The molecule has 1 amide bonds. The quantitative estimate of drug-likeness (QED) is 0.0466. The van der Waals surface area contributed by atoms with Gasteiger partial charge in [-0.1, -0.05) is 42.5 Å². The molecule has 0 aliphatic heterocycles. The Morgan fingerprint density at radius 1 is 1.06 bits per heavy atom. The van der Waals surface area contributed by atoms with E-state index in [-0.39, 0.29) is 49.4 Å². The zero-order valence-electron chi connectivity index (χ0n) is 26.2. The summed E-state index contributed by atoms with van der Waals surface area (Å²) in [5.41, 5.74) is -0.364. The molecule has 2 aromatic rings. The molecule has 0 bridgehead atoms. The van der Waals surface area contributed by atoms with E-state index in [1.165, 1.54) is 37.3 Å². The molecule has 15 heteroatoms. The second kappa shape index (κ2) is 18.6. The first-order chi connectivity index (χ1) is 22.7.